The summed E-state index contributed by atoms with van der Waals surface area (Å²) in [7, 11) is 0. The van der Waals surface area contributed by atoms with Crippen molar-refractivity contribution in [1.82, 2.24) is 14.9 Å². The molecule has 4 nitrogen and oxygen atoms in total. The Kier molecular flexibility index (Phi) is 4.25. The number of fused-ring (bicyclic) bond motifs is 1. The van der Waals surface area contributed by atoms with Gasteiger partial charge in [0, 0.05) is 29.9 Å². The number of hydrogen-bond acceptors (Lipinski definition) is 2. The lowest BCUT2D eigenvalue weighted by Crippen LogP contribution is -2.59. The van der Waals surface area contributed by atoms with Gasteiger partial charge in [-0.3, -0.25) is 9.78 Å². The van der Waals surface area contributed by atoms with Crippen LogP contribution in [-0.2, 0) is 6.54 Å². The summed E-state index contributed by atoms with van der Waals surface area (Å²) < 4.78 is 2.23. The first-order chi connectivity index (χ1) is 13.2. The molecular formula is C23H31N3O. The second kappa shape index (κ2) is 6.65. The van der Waals surface area contributed by atoms with Crippen LogP contribution in [0.4, 0.5) is 0 Å². The number of amides is 1. The lowest BCUT2D eigenvalue weighted by molar-refractivity contribution is -0.0166. The van der Waals surface area contributed by atoms with Gasteiger partial charge in [-0.25, -0.2) is 0 Å². The van der Waals surface area contributed by atoms with Crippen LogP contribution in [-0.4, -0.2) is 21.0 Å². The third-order valence-electron chi connectivity index (χ3n) is 7.35. The van der Waals surface area contributed by atoms with Crippen molar-refractivity contribution < 1.29 is 4.79 Å². The Labute approximate surface area is 161 Å². The van der Waals surface area contributed by atoms with Crippen molar-refractivity contribution >= 4 is 16.8 Å². The third-order valence-corrected chi connectivity index (χ3v) is 7.35. The smallest absolute Gasteiger partial charge is 0.253 e. The molecule has 4 bridgehead atoms. The lowest BCUT2D eigenvalue weighted by Gasteiger charge is -2.56. The molecule has 27 heavy (non-hydrogen) atoms. The number of pyridine rings is 1. The maximum atomic E-state index is 13.3. The Morgan fingerprint density at radius 2 is 1.89 bits per heavy atom. The van der Waals surface area contributed by atoms with Gasteiger partial charge < -0.3 is 9.88 Å². The van der Waals surface area contributed by atoms with Crippen LogP contribution in [0, 0.1) is 17.8 Å². The minimum Gasteiger partial charge on any atom is -0.347 e. The number of unbranched alkanes of at least 4 members (excludes halogenated alkanes) is 2. The molecule has 1 N–H and O–H groups in total. The molecular weight excluding hydrogens is 334 g/mol. The second-order valence-electron chi connectivity index (χ2n) is 9.49. The van der Waals surface area contributed by atoms with Crippen molar-refractivity contribution in [3.05, 3.63) is 30.2 Å². The first-order valence-electron chi connectivity index (χ1n) is 10.9. The number of carbonyl (C=O) groups is 1. The van der Waals surface area contributed by atoms with Crippen LogP contribution in [0.5, 0.6) is 0 Å². The Morgan fingerprint density at radius 3 is 2.56 bits per heavy atom. The lowest BCUT2D eigenvalue weighted by atomic mass is 9.53. The summed E-state index contributed by atoms with van der Waals surface area (Å²) >= 11 is 0. The molecule has 0 saturated heterocycles. The fraction of sp³-hybridized carbons (Fsp3) is 0.652. The van der Waals surface area contributed by atoms with Gasteiger partial charge in [0.15, 0.2) is 0 Å². The fourth-order valence-corrected chi connectivity index (χ4v) is 6.61. The van der Waals surface area contributed by atoms with Crippen molar-refractivity contribution in [2.24, 2.45) is 17.8 Å². The zero-order valence-corrected chi connectivity index (χ0v) is 16.4. The molecule has 4 aliphatic carbocycles. The van der Waals surface area contributed by atoms with Gasteiger partial charge in [-0.05, 0) is 68.8 Å². The molecule has 0 atom stereocenters. The summed E-state index contributed by atoms with van der Waals surface area (Å²) in [6.07, 6.45) is 17.1. The first-order valence-corrected chi connectivity index (χ1v) is 10.9. The van der Waals surface area contributed by atoms with Crippen LogP contribution in [0.1, 0.15) is 75.1 Å². The highest BCUT2D eigenvalue weighted by molar-refractivity contribution is 6.07. The molecule has 0 radical (unpaired) electrons. The molecule has 2 heterocycles. The third kappa shape index (κ3) is 3.07. The van der Waals surface area contributed by atoms with E-state index in [0.717, 1.165) is 47.2 Å². The van der Waals surface area contributed by atoms with Crippen molar-refractivity contribution in [2.75, 3.05) is 0 Å². The highest BCUT2D eigenvalue weighted by Gasteiger charge is 2.51. The predicted octanol–water partition coefficient (Wildman–Crippen LogP) is 4.93. The highest BCUT2D eigenvalue weighted by Crippen LogP contribution is 2.55. The molecule has 0 unspecified atom stereocenters. The van der Waals surface area contributed by atoms with E-state index >= 15 is 0 Å². The number of carbonyl (C=O) groups excluding carboxylic acids is 1. The molecule has 144 valence electrons. The van der Waals surface area contributed by atoms with Crippen molar-refractivity contribution in [3.8, 4) is 0 Å². The van der Waals surface area contributed by atoms with Crippen LogP contribution < -0.4 is 5.32 Å². The summed E-state index contributed by atoms with van der Waals surface area (Å²) in [6.45, 7) is 3.18. The van der Waals surface area contributed by atoms with E-state index in [2.05, 4.69) is 28.0 Å². The molecule has 0 aliphatic heterocycles. The van der Waals surface area contributed by atoms with Gasteiger partial charge in [0.25, 0.3) is 5.91 Å². The Bertz CT molecular complexity index is 817. The zero-order valence-electron chi connectivity index (χ0n) is 16.4. The van der Waals surface area contributed by atoms with Gasteiger partial charge in [0.05, 0.1) is 17.3 Å². The Hall–Kier alpha value is -1.84. The monoisotopic (exact) mass is 365 g/mol. The SMILES string of the molecule is CCCCCn1cc(C(=O)NC23CC4CC(CC(C4)C2)C3)c2ccncc21. The van der Waals surface area contributed by atoms with E-state index in [-0.39, 0.29) is 11.4 Å². The molecule has 4 aliphatic rings. The van der Waals surface area contributed by atoms with E-state index < -0.39 is 0 Å². The predicted molar refractivity (Wildman–Crippen MR) is 108 cm³/mol. The molecule has 4 heteroatoms. The standard InChI is InChI=1S/C23H31N3O/c1-2-3-4-7-26-15-20(19-5-6-24-14-21(19)26)22(27)25-23-11-16-8-17(12-23)10-18(9-16)13-23/h5-6,14-18H,2-4,7-13H2,1H3,(H,25,27). The van der Waals surface area contributed by atoms with Crippen molar-refractivity contribution in [2.45, 2.75) is 76.8 Å². The minimum atomic E-state index is 0.0650. The van der Waals surface area contributed by atoms with E-state index in [4.69, 9.17) is 0 Å². The normalized spacial score (nSPS) is 31.5. The van der Waals surface area contributed by atoms with Gasteiger partial charge in [0.2, 0.25) is 0 Å². The molecule has 0 spiro atoms. The summed E-state index contributed by atoms with van der Waals surface area (Å²) in [5.74, 6) is 2.66. The average Bonchev–Trinajstić information content (AvgIpc) is 3.00. The minimum absolute atomic E-state index is 0.0650. The van der Waals surface area contributed by atoms with Crippen LogP contribution in [0.2, 0.25) is 0 Å². The van der Waals surface area contributed by atoms with Gasteiger partial charge >= 0.3 is 0 Å². The summed E-state index contributed by atoms with van der Waals surface area (Å²) in [6, 6.07) is 2.00. The average molecular weight is 366 g/mol. The van der Waals surface area contributed by atoms with Crippen LogP contribution >= 0.6 is 0 Å². The number of nitrogens with one attached hydrogen (secondary N) is 1. The number of rotatable bonds is 6. The fourth-order valence-electron chi connectivity index (χ4n) is 6.61. The van der Waals surface area contributed by atoms with E-state index in [9.17, 15) is 4.79 Å². The van der Waals surface area contributed by atoms with Crippen LogP contribution in [0.3, 0.4) is 0 Å². The molecule has 2 aromatic heterocycles. The first kappa shape index (κ1) is 17.3. The van der Waals surface area contributed by atoms with Crippen LogP contribution in [0.25, 0.3) is 10.9 Å². The van der Waals surface area contributed by atoms with Gasteiger partial charge in [-0.15, -0.1) is 0 Å². The van der Waals surface area contributed by atoms with Crippen molar-refractivity contribution in [3.63, 3.8) is 0 Å². The van der Waals surface area contributed by atoms with E-state index in [1.807, 2.05) is 12.3 Å². The molecule has 6 rings (SSSR count). The van der Waals surface area contributed by atoms with Gasteiger partial charge in [-0.2, -0.15) is 0 Å². The molecule has 2 aromatic rings. The van der Waals surface area contributed by atoms with Gasteiger partial charge in [-0.1, -0.05) is 19.8 Å². The van der Waals surface area contributed by atoms with Crippen LogP contribution in [0.15, 0.2) is 24.7 Å². The topological polar surface area (TPSA) is 46.9 Å². The number of aryl methyl sites for hydroxylation is 1. The number of aromatic nitrogens is 2. The quantitative estimate of drug-likeness (QED) is 0.738. The number of nitrogens with zero attached hydrogens (tertiary/aromatic N) is 2. The van der Waals surface area contributed by atoms with E-state index in [1.54, 1.807) is 6.20 Å². The molecule has 4 fully saturated rings. The van der Waals surface area contributed by atoms with Crippen molar-refractivity contribution in [1.29, 1.82) is 0 Å². The zero-order chi connectivity index (χ0) is 18.4. The molecule has 4 saturated carbocycles. The maximum absolute atomic E-state index is 13.3. The molecule has 0 aromatic carbocycles. The number of hydrogen-bond donors (Lipinski definition) is 1. The Balaban J connectivity index is 1.41. The highest BCUT2D eigenvalue weighted by atomic mass is 16.1. The van der Waals surface area contributed by atoms with Gasteiger partial charge in [0.1, 0.15) is 0 Å². The summed E-state index contributed by atoms with van der Waals surface area (Å²) in [5.41, 5.74) is 1.99. The summed E-state index contributed by atoms with van der Waals surface area (Å²) in [5, 5.41) is 4.59. The Morgan fingerprint density at radius 1 is 1.19 bits per heavy atom. The second-order valence-corrected chi connectivity index (χ2v) is 9.49. The molecule has 1 amide bonds. The maximum Gasteiger partial charge on any atom is 0.253 e. The van der Waals surface area contributed by atoms with E-state index in [0.29, 0.717) is 0 Å². The largest absolute Gasteiger partial charge is 0.347 e. The van der Waals surface area contributed by atoms with E-state index in [1.165, 1.54) is 51.4 Å². The summed E-state index contributed by atoms with van der Waals surface area (Å²) in [4.78, 5) is 17.6.